The van der Waals surface area contributed by atoms with Crippen LogP contribution in [-0.4, -0.2) is 24.5 Å². The van der Waals surface area contributed by atoms with Crippen LogP contribution >= 0.6 is 0 Å². The summed E-state index contributed by atoms with van der Waals surface area (Å²) in [6.45, 7) is 8.96. The third-order valence-electron chi connectivity index (χ3n) is 4.53. The van der Waals surface area contributed by atoms with Gasteiger partial charge in [-0.2, -0.15) is 0 Å². The smallest absolute Gasteiger partial charge is 0.000966 e. The van der Waals surface area contributed by atoms with Gasteiger partial charge in [-0.25, -0.2) is 0 Å². The van der Waals surface area contributed by atoms with E-state index < -0.39 is 0 Å². The van der Waals surface area contributed by atoms with E-state index in [0.717, 1.165) is 17.8 Å². The molecular formula is C14H27N. The normalized spacial score (nSPS) is 35.6. The van der Waals surface area contributed by atoms with Crippen molar-refractivity contribution in [2.24, 2.45) is 17.8 Å². The van der Waals surface area contributed by atoms with Gasteiger partial charge in [0.25, 0.3) is 0 Å². The van der Waals surface area contributed by atoms with E-state index in [4.69, 9.17) is 0 Å². The highest BCUT2D eigenvalue weighted by molar-refractivity contribution is 4.76. The van der Waals surface area contributed by atoms with E-state index in [1.165, 1.54) is 58.2 Å². The molecule has 0 atom stereocenters. The van der Waals surface area contributed by atoms with Gasteiger partial charge in [-0.15, -0.1) is 0 Å². The lowest BCUT2D eigenvalue weighted by Crippen LogP contribution is -2.37. The molecule has 1 aliphatic heterocycles. The van der Waals surface area contributed by atoms with Gasteiger partial charge in [0.2, 0.25) is 0 Å². The van der Waals surface area contributed by atoms with Crippen molar-refractivity contribution in [2.75, 3.05) is 19.6 Å². The van der Waals surface area contributed by atoms with E-state index in [2.05, 4.69) is 18.7 Å². The molecule has 0 aromatic carbocycles. The zero-order chi connectivity index (χ0) is 10.7. The summed E-state index contributed by atoms with van der Waals surface area (Å²) in [5.41, 5.74) is 0. The molecule has 88 valence electrons. The maximum Gasteiger partial charge on any atom is 0.000966 e. The largest absolute Gasteiger partial charge is 0.303 e. The highest BCUT2D eigenvalue weighted by Crippen LogP contribution is 2.29. The number of piperidine rings is 1. The van der Waals surface area contributed by atoms with E-state index in [0.29, 0.717) is 0 Å². The van der Waals surface area contributed by atoms with Gasteiger partial charge in [0.05, 0.1) is 0 Å². The van der Waals surface area contributed by atoms with Crippen LogP contribution in [0.15, 0.2) is 0 Å². The summed E-state index contributed by atoms with van der Waals surface area (Å²) in [5.74, 6) is 3.00. The number of likely N-dealkylation sites (tertiary alicyclic amines) is 1. The zero-order valence-corrected chi connectivity index (χ0v) is 10.5. The number of hydrogen-bond donors (Lipinski definition) is 0. The van der Waals surface area contributed by atoms with Crippen molar-refractivity contribution in [3.05, 3.63) is 0 Å². The third kappa shape index (κ3) is 3.48. The van der Waals surface area contributed by atoms with Crippen molar-refractivity contribution in [1.29, 1.82) is 0 Å². The average Bonchev–Trinajstić information content (AvgIpc) is 2.25. The second-order valence-electron chi connectivity index (χ2n) is 6.11. The topological polar surface area (TPSA) is 3.24 Å². The van der Waals surface area contributed by atoms with Crippen molar-refractivity contribution in [3.63, 3.8) is 0 Å². The van der Waals surface area contributed by atoms with Crippen LogP contribution in [0.3, 0.4) is 0 Å². The maximum absolute atomic E-state index is 2.72. The Morgan fingerprint density at radius 3 is 1.93 bits per heavy atom. The van der Waals surface area contributed by atoms with Crippen molar-refractivity contribution in [1.82, 2.24) is 4.90 Å². The predicted molar refractivity (Wildman–Crippen MR) is 66.0 cm³/mol. The van der Waals surface area contributed by atoms with Crippen LogP contribution in [0.4, 0.5) is 0 Å². The molecule has 0 spiro atoms. The van der Waals surface area contributed by atoms with Crippen LogP contribution in [0.2, 0.25) is 0 Å². The third-order valence-corrected chi connectivity index (χ3v) is 4.53. The number of rotatable bonds is 2. The molecule has 0 radical (unpaired) electrons. The SMILES string of the molecule is CC1CCC(CN2CCC(C)CC2)CC1. The molecule has 0 bridgehead atoms. The second kappa shape index (κ2) is 5.34. The molecule has 1 saturated carbocycles. The fourth-order valence-corrected chi connectivity index (χ4v) is 3.12. The Bertz CT molecular complexity index is 154. The number of hydrogen-bond acceptors (Lipinski definition) is 1. The maximum atomic E-state index is 2.72. The highest BCUT2D eigenvalue weighted by atomic mass is 15.1. The van der Waals surface area contributed by atoms with Crippen LogP contribution in [0.25, 0.3) is 0 Å². The Morgan fingerprint density at radius 1 is 0.800 bits per heavy atom. The van der Waals surface area contributed by atoms with Crippen LogP contribution in [0.5, 0.6) is 0 Å². The summed E-state index contributed by atoms with van der Waals surface area (Å²) in [5, 5.41) is 0. The zero-order valence-electron chi connectivity index (χ0n) is 10.5. The summed E-state index contributed by atoms with van der Waals surface area (Å²) in [7, 11) is 0. The lowest BCUT2D eigenvalue weighted by atomic mass is 9.82. The molecule has 0 aromatic rings. The Kier molecular flexibility index (Phi) is 4.07. The molecule has 1 heterocycles. The first-order chi connectivity index (χ1) is 7.24. The van der Waals surface area contributed by atoms with Crippen LogP contribution in [0.1, 0.15) is 52.4 Å². The van der Waals surface area contributed by atoms with Crippen molar-refractivity contribution < 1.29 is 0 Å². The molecule has 0 amide bonds. The molecule has 2 fully saturated rings. The molecule has 15 heavy (non-hydrogen) atoms. The standard InChI is InChI=1S/C14H27N/c1-12-3-5-14(6-4-12)11-15-9-7-13(2)8-10-15/h12-14H,3-11H2,1-2H3. The van der Waals surface area contributed by atoms with E-state index in [1.54, 1.807) is 0 Å². The van der Waals surface area contributed by atoms with E-state index in [-0.39, 0.29) is 0 Å². The van der Waals surface area contributed by atoms with Crippen LogP contribution in [-0.2, 0) is 0 Å². The Balaban J connectivity index is 1.68. The van der Waals surface area contributed by atoms with Gasteiger partial charge >= 0.3 is 0 Å². The van der Waals surface area contributed by atoms with E-state index in [1.807, 2.05) is 0 Å². The molecule has 1 aliphatic carbocycles. The van der Waals surface area contributed by atoms with Gasteiger partial charge in [0.1, 0.15) is 0 Å². The quantitative estimate of drug-likeness (QED) is 0.672. The molecular weight excluding hydrogens is 182 g/mol. The van der Waals surface area contributed by atoms with Gasteiger partial charge < -0.3 is 4.90 Å². The summed E-state index contributed by atoms with van der Waals surface area (Å²) >= 11 is 0. The molecule has 1 nitrogen and oxygen atoms in total. The van der Waals surface area contributed by atoms with Gasteiger partial charge in [0, 0.05) is 6.54 Å². The Labute approximate surface area is 95.2 Å². The van der Waals surface area contributed by atoms with Gasteiger partial charge in [-0.3, -0.25) is 0 Å². The van der Waals surface area contributed by atoms with Crippen LogP contribution < -0.4 is 0 Å². The second-order valence-corrected chi connectivity index (χ2v) is 6.11. The minimum absolute atomic E-state index is 0.979. The van der Waals surface area contributed by atoms with Crippen molar-refractivity contribution >= 4 is 0 Å². The average molecular weight is 209 g/mol. The molecule has 2 rings (SSSR count). The highest BCUT2D eigenvalue weighted by Gasteiger charge is 2.22. The van der Waals surface area contributed by atoms with Gasteiger partial charge in [-0.1, -0.05) is 26.7 Å². The lowest BCUT2D eigenvalue weighted by molar-refractivity contribution is 0.143. The monoisotopic (exact) mass is 209 g/mol. The van der Waals surface area contributed by atoms with E-state index >= 15 is 0 Å². The summed E-state index contributed by atoms with van der Waals surface area (Å²) < 4.78 is 0. The fraction of sp³-hybridized carbons (Fsp3) is 1.00. The first-order valence-electron chi connectivity index (χ1n) is 6.96. The molecule has 1 saturated heterocycles. The molecule has 1 heteroatoms. The summed E-state index contributed by atoms with van der Waals surface area (Å²) in [4.78, 5) is 2.72. The van der Waals surface area contributed by atoms with E-state index in [9.17, 15) is 0 Å². The molecule has 0 aromatic heterocycles. The van der Waals surface area contributed by atoms with Crippen LogP contribution in [0, 0.1) is 17.8 Å². The predicted octanol–water partition coefficient (Wildman–Crippen LogP) is 3.54. The Morgan fingerprint density at radius 2 is 1.33 bits per heavy atom. The molecule has 0 N–H and O–H groups in total. The fourth-order valence-electron chi connectivity index (χ4n) is 3.12. The number of nitrogens with zero attached hydrogens (tertiary/aromatic N) is 1. The molecule has 2 aliphatic rings. The van der Waals surface area contributed by atoms with Gasteiger partial charge in [0.15, 0.2) is 0 Å². The lowest BCUT2D eigenvalue weighted by Gasteiger charge is -2.35. The summed E-state index contributed by atoms with van der Waals surface area (Å²) in [6, 6.07) is 0. The first kappa shape index (κ1) is 11.4. The first-order valence-corrected chi connectivity index (χ1v) is 6.96. The van der Waals surface area contributed by atoms with Crippen molar-refractivity contribution in [2.45, 2.75) is 52.4 Å². The minimum atomic E-state index is 0.979. The Hall–Kier alpha value is -0.0400. The minimum Gasteiger partial charge on any atom is -0.303 e. The van der Waals surface area contributed by atoms with Gasteiger partial charge in [-0.05, 0) is 56.5 Å². The van der Waals surface area contributed by atoms with Crippen molar-refractivity contribution in [3.8, 4) is 0 Å². The summed E-state index contributed by atoms with van der Waals surface area (Å²) in [6.07, 6.45) is 8.82. The molecule has 0 unspecified atom stereocenters.